The Balaban J connectivity index is 1.32. The number of piperazine rings is 1. The monoisotopic (exact) mass is 464 g/mol. The van der Waals surface area contributed by atoms with Crippen LogP contribution in [0, 0.1) is 22.7 Å². The van der Waals surface area contributed by atoms with E-state index >= 15 is 0 Å². The first-order chi connectivity index (χ1) is 15.9. The lowest BCUT2D eigenvalue weighted by Gasteiger charge is -2.36. The molecule has 176 valence electrons. The standard InChI is InChI=1S/C27H36N4OS/c1-4-27(2,3)21-10-11-22-23(17-28)26(33-24(22)16-21)29-25(32)19-31-14-12-30(13-15-31)18-20-8-6-5-7-9-20/h5-9,21H,4,10-16,18-19H2,1-3H3,(H,29,32). The second-order valence-electron chi connectivity index (χ2n) is 10.2. The third kappa shape index (κ3) is 5.66. The van der Waals surface area contributed by atoms with E-state index in [1.165, 1.54) is 16.0 Å². The van der Waals surface area contributed by atoms with Crippen molar-refractivity contribution in [1.82, 2.24) is 9.80 Å². The van der Waals surface area contributed by atoms with Crippen molar-refractivity contribution in [3.05, 3.63) is 51.9 Å². The van der Waals surface area contributed by atoms with Crippen LogP contribution in [0.2, 0.25) is 0 Å². The fraction of sp³-hybridized carbons (Fsp3) is 0.556. The quantitative estimate of drug-likeness (QED) is 0.632. The van der Waals surface area contributed by atoms with Crippen LogP contribution in [0.1, 0.15) is 55.2 Å². The Labute approximate surface area is 202 Å². The zero-order chi connectivity index (χ0) is 23.4. The summed E-state index contributed by atoms with van der Waals surface area (Å²) in [4.78, 5) is 18.8. The minimum absolute atomic E-state index is 0.00737. The number of benzene rings is 1. The number of fused-ring (bicyclic) bond motifs is 1. The smallest absolute Gasteiger partial charge is 0.239 e. The molecule has 6 heteroatoms. The summed E-state index contributed by atoms with van der Waals surface area (Å²) in [6.45, 7) is 12.0. The van der Waals surface area contributed by atoms with Gasteiger partial charge in [0, 0.05) is 37.6 Å². The van der Waals surface area contributed by atoms with Crippen LogP contribution in [-0.2, 0) is 24.2 Å². The zero-order valence-corrected chi connectivity index (χ0v) is 21.0. The van der Waals surface area contributed by atoms with Gasteiger partial charge in [0.25, 0.3) is 0 Å². The van der Waals surface area contributed by atoms with Gasteiger partial charge in [-0.2, -0.15) is 5.26 Å². The summed E-state index contributed by atoms with van der Waals surface area (Å²) >= 11 is 1.63. The van der Waals surface area contributed by atoms with Gasteiger partial charge in [-0.1, -0.05) is 57.5 Å². The molecule has 1 aliphatic carbocycles. The SMILES string of the molecule is CCC(C)(C)C1CCc2c(sc(NC(=O)CN3CCN(Cc4ccccc4)CC3)c2C#N)C1. The van der Waals surface area contributed by atoms with Gasteiger partial charge in [-0.25, -0.2) is 0 Å². The van der Waals surface area contributed by atoms with E-state index in [2.05, 4.69) is 66.2 Å². The molecule has 1 aromatic heterocycles. The molecule has 2 aromatic rings. The molecule has 1 N–H and O–H groups in total. The Hall–Kier alpha value is -2.20. The molecule has 0 spiro atoms. The van der Waals surface area contributed by atoms with Crippen molar-refractivity contribution in [2.24, 2.45) is 11.3 Å². The van der Waals surface area contributed by atoms with Crippen molar-refractivity contribution in [3.8, 4) is 6.07 Å². The number of nitriles is 1. The Morgan fingerprint density at radius 3 is 2.55 bits per heavy atom. The van der Waals surface area contributed by atoms with E-state index < -0.39 is 0 Å². The van der Waals surface area contributed by atoms with Crippen molar-refractivity contribution in [2.45, 2.75) is 53.0 Å². The summed E-state index contributed by atoms with van der Waals surface area (Å²) in [7, 11) is 0. The summed E-state index contributed by atoms with van der Waals surface area (Å²) in [6.07, 6.45) is 4.25. The van der Waals surface area contributed by atoms with Crippen LogP contribution in [0.5, 0.6) is 0 Å². The van der Waals surface area contributed by atoms with E-state index in [4.69, 9.17) is 0 Å². The number of nitrogens with one attached hydrogen (secondary N) is 1. The summed E-state index contributed by atoms with van der Waals surface area (Å²) in [5, 5.41) is 13.7. The predicted octanol–water partition coefficient (Wildman–Crippen LogP) is 4.92. The first kappa shape index (κ1) is 23.9. The average molecular weight is 465 g/mol. The molecule has 1 amide bonds. The highest BCUT2D eigenvalue weighted by Crippen LogP contribution is 2.45. The number of rotatable bonds is 7. The zero-order valence-electron chi connectivity index (χ0n) is 20.2. The molecule has 4 rings (SSSR count). The van der Waals surface area contributed by atoms with Gasteiger partial charge in [-0.15, -0.1) is 11.3 Å². The van der Waals surface area contributed by atoms with Crippen LogP contribution in [-0.4, -0.2) is 48.4 Å². The molecule has 1 unspecified atom stereocenters. The largest absolute Gasteiger partial charge is 0.315 e. The summed E-state index contributed by atoms with van der Waals surface area (Å²) < 4.78 is 0. The van der Waals surface area contributed by atoms with E-state index in [-0.39, 0.29) is 5.91 Å². The molecule has 0 bridgehead atoms. The molecule has 5 nitrogen and oxygen atoms in total. The van der Waals surface area contributed by atoms with Gasteiger partial charge in [-0.05, 0) is 41.7 Å². The maximum atomic E-state index is 12.8. The number of carbonyl (C=O) groups excluding carboxylic acids is 1. The Morgan fingerprint density at radius 2 is 1.88 bits per heavy atom. The number of nitrogens with zero attached hydrogens (tertiary/aromatic N) is 3. The van der Waals surface area contributed by atoms with Crippen LogP contribution < -0.4 is 5.32 Å². The van der Waals surface area contributed by atoms with Crippen molar-refractivity contribution >= 4 is 22.2 Å². The molecule has 1 aliphatic heterocycles. The number of hydrogen-bond donors (Lipinski definition) is 1. The molecule has 2 heterocycles. The second kappa shape index (κ2) is 10.4. The Kier molecular flexibility index (Phi) is 7.53. The van der Waals surface area contributed by atoms with Crippen molar-refractivity contribution in [2.75, 3.05) is 38.0 Å². The fourth-order valence-electron chi connectivity index (χ4n) is 5.06. The minimum Gasteiger partial charge on any atom is -0.315 e. The van der Waals surface area contributed by atoms with Crippen molar-refractivity contribution in [1.29, 1.82) is 5.26 Å². The van der Waals surface area contributed by atoms with Gasteiger partial charge in [0.15, 0.2) is 0 Å². The number of carbonyl (C=O) groups is 1. The molecule has 0 radical (unpaired) electrons. The third-order valence-corrected chi connectivity index (χ3v) is 8.90. The fourth-order valence-corrected chi connectivity index (χ4v) is 6.36. The van der Waals surface area contributed by atoms with Crippen LogP contribution in [0.25, 0.3) is 0 Å². The molecular formula is C27H36N4OS. The van der Waals surface area contributed by atoms with E-state index in [1.807, 2.05) is 6.07 Å². The van der Waals surface area contributed by atoms with Crippen LogP contribution in [0.15, 0.2) is 30.3 Å². The molecular weight excluding hydrogens is 428 g/mol. The number of thiophene rings is 1. The van der Waals surface area contributed by atoms with Crippen LogP contribution in [0.4, 0.5) is 5.00 Å². The molecule has 33 heavy (non-hydrogen) atoms. The van der Waals surface area contributed by atoms with E-state index in [1.54, 1.807) is 11.3 Å². The lowest BCUT2D eigenvalue weighted by Crippen LogP contribution is -2.48. The van der Waals surface area contributed by atoms with Gasteiger partial charge < -0.3 is 5.32 Å². The first-order valence-electron chi connectivity index (χ1n) is 12.2. The lowest BCUT2D eigenvalue weighted by molar-refractivity contribution is -0.117. The van der Waals surface area contributed by atoms with Crippen LogP contribution >= 0.6 is 11.3 Å². The summed E-state index contributed by atoms with van der Waals surface area (Å²) in [5.74, 6) is 0.628. The molecule has 1 saturated heterocycles. The predicted molar refractivity (Wildman–Crippen MR) is 135 cm³/mol. The molecule has 1 fully saturated rings. The van der Waals surface area contributed by atoms with E-state index in [0.29, 0.717) is 23.4 Å². The first-order valence-corrected chi connectivity index (χ1v) is 13.0. The van der Waals surface area contributed by atoms with Gasteiger partial charge in [0.05, 0.1) is 12.1 Å². The highest BCUT2D eigenvalue weighted by molar-refractivity contribution is 7.16. The lowest BCUT2D eigenvalue weighted by atomic mass is 9.69. The Bertz CT molecular complexity index is 999. The van der Waals surface area contributed by atoms with Gasteiger partial charge >= 0.3 is 0 Å². The average Bonchev–Trinajstić information content (AvgIpc) is 3.17. The van der Waals surface area contributed by atoms with Gasteiger partial charge in [0.1, 0.15) is 11.1 Å². The van der Waals surface area contributed by atoms with Gasteiger partial charge in [0.2, 0.25) is 5.91 Å². The highest BCUT2D eigenvalue weighted by Gasteiger charge is 2.34. The van der Waals surface area contributed by atoms with E-state index in [0.717, 1.165) is 63.4 Å². The topological polar surface area (TPSA) is 59.4 Å². The second-order valence-corrected chi connectivity index (χ2v) is 11.3. The normalized spacial score (nSPS) is 19.6. The number of amides is 1. The molecule has 0 saturated carbocycles. The molecule has 1 atom stereocenters. The number of hydrogen-bond acceptors (Lipinski definition) is 5. The molecule has 1 aromatic carbocycles. The van der Waals surface area contributed by atoms with Crippen LogP contribution in [0.3, 0.4) is 0 Å². The van der Waals surface area contributed by atoms with Crippen molar-refractivity contribution in [3.63, 3.8) is 0 Å². The number of anilines is 1. The highest BCUT2D eigenvalue weighted by atomic mass is 32.1. The summed E-state index contributed by atoms with van der Waals surface area (Å²) in [5.41, 5.74) is 3.51. The minimum atomic E-state index is -0.00737. The Morgan fingerprint density at radius 1 is 1.18 bits per heavy atom. The van der Waals surface area contributed by atoms with E-state index in [9.17, 15) is 10.1 Å². The maximum Gasteiger partial charge on any atom is 0.239 e. The maximum absolute atomic E-state index is 12.8. The third-order valence-electron chi connectivity index (χ3n) is 7.73. The molecule has 2 aliphatic rings. The summed E-state index contributed by atoms with van der Waals surface area (Å²) in [6, 6.07) is 12.9. The van der Waals surface area contributed by atoms with Gasteiger partial charge in [-0.3, -0.25) is 14.6 Å². The van der Waals surface area contributed by atoms with Crippen molar-refractivity contribution < 1.29 is 4.79 Å².